The summed E-state index contributed by atoms with van der Waals surface area (Å²) in [6.07, 6.45) is -0.718. The molecule has 0 aromatic carbocycles. The van der Waals surface area contributed by atoms with Crippen LogP contribution in [0.5, 0.6) is 0 Å². The van der Waals surface area contributed by atoms with E-state index in [0.717, 1.165) is 0 Å². The molecule has 1 aliphatic heterocycles. The summed E-state index contributed by atoms with van der Waals surface area (Å²) in [4.78, 5) is 0. The van der Waals surface area contributed by atoms with Crippen LogP contribution >= 0.6 is 0 Å². The summed E-state index contributed by atoms with van der Waals surface area (Å²) in [6, 6.07) is 0. The van der Waals surface area contributed by atoms with Gasteiger partial charge in [-0.2, -0.15) is 0 Å². The van der Waals surface area contributed by atoms with Gasteiger partial charge < -0.3 is 14.6 Å². The minimum Gasteiger partial charge on any atom is -0.388 e. The van der Waals surface area contributed by atoms with Gasteiger partial charge >= 0.3 is 0 Å². The molecule has 0 spiro atoms. The van der Waals surface area contributed by atoms with Crippen molar-refractivity contribution in [2.45, 2.75) is 38.3 Å². The van der Waals surface area contributed by atoms with E-state index in [4.69, 9.17) is 9.47 Å². The van der Waals surface area contributed by atoms with E-state index >= 15 is 0 Å². The summed E-state index contributed by atoms with van der Waals surface area (Å²) in [5.41, 5.74) is 0. The van der Waals surface area contributed by atoms with E-state index in [1.54, 1.807) is 7.11 Å². The molecule has 0 aromatic rings. The second-order valence-electron chi connectivity index (χ2n) is 2.74. The average molecular weight is 146 g/mol. The average Bonchev–Trinajstić information content (AvgIpc) is 2.09. The molecule has 0 saturated carbocycles. The normalized spacial score (nSPS) is 48.0. The molecule has 1 fully saturated rings. The summed E-state index contributed by atoms with van der Waals surface area (Å²) < 4.78 is 10.3. The third-order valence-electron chi connectivity index (χ3n) is 1.98. The van der Waals surface area contributed by atoms with Gasteiger partial charge in [0.1, 0.15) is 12.2 Å². The quantitative estimate of drug-likeness (QED) is 0.573. The van der Waals surface area contributed by atoms with Gasteiger partial charge in [-0.1, -0.05) is 0 Å². The molecule has 3 heteroatoms. The molecule has 3 nitrogen and oxygen atoms in total. The Morgan fingerprint density at radius 1 is 1.30 bits per heavy atom. The molecule has 0 radical (unpaired) electrons. The highest BCUT2D eigenvalue weighted by molar-refractivity contribution is 4.86. The lowest BCUT2D eigenvalue weighted by atomic mass is 10.1. The van der Waals surface area contributed by atoms with Crippen LogP contribution in [0.2, 0.25) is 0 Å². The van der Waals surface area contributed by atoms with Gasteiger partial charge in [-0.05, 0) is 13.8 Å². The fourth-order valence-electron chi connectivity index (χ4n) is 1.37. The van der Waals surface area contributed by atoms with Crippen molar-refractivity contribution < 1.29 is 14.6 Å². The first-order valence-corrected chi connectivity index (χ1v) is 3.53. The standard InChI is InChI=1S/C7H14O3/c1-4-6(8)7(9-3)5(2)10-4/h4-8H,1-3H3. The molecule has 1 rings (SSSR count). The van der Waals surface area contributed by atoms with Crippen LogP contribution in [0.1, 0.15) is 13.8 Å². The molecule has 1 heterocycles. The first-order chi connectivity index (χ1) is 4.66. The minimum atomic E-state index is -0.472. The second kappa shape index (κ2) is 2.86. The number of aliphatic hydroxyl groups is 1. The van der Waals surface area contributed by atoms with Gasteiger partial charge in [0.2, 0.25) is 0 Å². The van der Waals surface area contributed by atoms with Gasteiger partial charge in [-0.3, -0.25) is 0 Å². The summed E-state index contributed by atoms with van der Waals surface area (Å²) in [6.45, 7) is 3.75. The molecular formula is C7H14O3. The molecule has 0 aliphatic carbocycles. The zero-order valence-electron chi connectivity index (χ0n) is 6.57. The van der Waals surface area contributed by atoms with E-state index in [-0.39, 0.29) is 18.3 Å². The summed E-state index contributed by atoms with van der Waals surface area (Å²) in [5, 5.41) is 9.38. The topological polar surface area (TPSA) is 38.7 Å². The van der Waals surface area contributed by atoms with Crippen molar-refractivity contribution in [3.05, 3.63) is 0 Å². The van der Waals surface area contributed by atoms with Crippen LogP contribution in [-0.2, 0) is 9.47 Å². The van der Waals surface area contributed by atoms with Gasteiger partial charge in [0.15, 0.2) is 0 Å². The molecule has 60 valence electrons. The number of rotatable bonds is 1. The highest BCUT2D eigenvalue weighted by Gasteiger charge is 2.38. The monoisotopic (exact) mass is 146 g/mol. The molecule has 4 atom stereocenters. The van der Waals surface area contributed by atoms with E-state index in [0.29, 0.717) is 0 Å². The Labute approximate surface area is 60.9 Å². The van der Waals surface area contributed by atoms with Crippen LogP contribution < -0.4 is 0 Å². The van der Waals surface area contributed by atoms with E-state index in [1.807, 2.05) is 13.8 Å². The number of methoxy groups -OCH3 is 1. The lowest BCUT2D eigenvalue weighted by Gasteiger charge is -2.14. The SMILES string of the molecule is COC1C(C)OC(C)C1O. The number of hydrogen-bond acceptors (Lipinski definition) is 3. The first kappa shape index (κ1) is 7.98. The first-order valence-electron chi connectivity index (χ1n) is 3.53. The van der Waals surface area contributed by atoms with Gasteiger partial charge in [0.05, 0.1) is 12.2 Å². The Bertz CT molecular complexity index is 115. The second-order valence-corrected chi connectivity index (χ2v) is 2.74. The zero-order valence-corrected chi connectivity index (χ0v) is 6.57. The smallest absolute Gasteiger partial charge is 0.111 e. The maximum absolute atomic E-state index is 9.38. The van der Waals surface area contributed by atoms with Crippen molar-refractivity contribution in [2.75, 3.05) is 7.11 Å². The van der Waals surface area contributed by atoms with Crippen LogP contribution in [0.25, 0.3) is 0 Å². The van der Waals surface area contributed by atoms with Gasteiger partial charge in [-0.25, -0.2) is 0 Å². The fraction of sp³-hybridized carbons (Fsp3) is 1.00. The molecule has 1 saturated heterocycles. The van der Waals surface area contributed by atoms with Gasteiger partial charge in [0, 0.05) is 7.11 Å². The molecule has 1 aliphatic rings. The van der Waals surface area contributed by atoms with Crippen molar-refractivity contribution in [1.82, 2.24) is 0 Å². The Kier molecular flexibility index (Phi) is 2.28. The molecule has 0 bridgehead atoms. The maximum atomic E-state index is 9.38. The highest BCUT2D eigenvalue weighted by atomic mass is 16.6. The Hall–Kier alpha value is -0.120. The fourth-order valence-corrected chi connectivity index (χ4v) is 1.37. The van der Waals surface area contributed by atoms with Crippen LogP contribution in [0.15, 0.2) is 0 Å². The Morgan fingerprint density at radius 3 is 2.10 bits per heavy atom. The Balaban J connectivity index is 2.55. The van der Waals surface area contributed by atoms with E-state index in [1.165, 1.54) is 0 Å². The molecule has 1 N–H and O–H groups in total. The minimum absolute atomic E-state index is 0.00926. The Morgan fingerprint density at radius 2 is 1.90 bits per heavy atom. The highest BCUT2D eigenvalue weighted by Crippen LogP contribution is 2.22. The van der Waals surface area contributed by atoms with Crippen molar-refractivity contribution in [1.29, 1.82) is 0 Å². The lowest BCUT2D eigenvalue weighted by molar-refractivity contribution is -0.00365. The van der Waals surface area contributed by atoms with Crippen LogP contribution in [0.3, 0.4) is 0 Å². The molecule has 4 unspecified atom stereocenters. The van der Waals surface area contributed by atoms with Crippen molar-refractivity contribution in [3.63, 3.8) is 0 Å². The predicted octanol–water partition coefficient (Wildman–Crippen LogP) is 0.170. The molecule has 0 aromatic heterocycles. The third kappa shape index (κ3) is 1.17. The van der Waals surface area contributed by atoms with E-state index in [9.17, 15) is 5.11 Å². The summed E-state index contributed by atoms with van der Waals surface area (Å²) in [7, 11) is 1.59. The third-order valence-corrected chi connectivity index (χ3v) is 1.98. The van der Waals surface area contributed by atoms with Gasteiger partial charge in [0.25, 0.3) is 0 Å². The van der Waals surface area contributed by atoms with E-state index < -0.39 is 6.10 Å². The number of aliphatic hydroxyl groups excluding tert-OH is 1. The van der Waals surface area contributed by atoms with Crippen molar-refractivity contribution in [3.8, 4) is 0 Å². The largest absolute Gasteiger partial charge is 0.388 e. The van der Waals surface area contributed by atoms with E-state index in [2.05, 4.69) is 0 Å². The zero-order chi connectivity index (χ0) is 7.72. The molecule has 10 heavy (non-hydrogen) atoms. The predicted molar refractivity (Wildman–Crippen MR) is 36.8 cm³/mol. The molecule has 0 amide bonds. The number of hydrogen-bond donors (Lipinski definition) is 1. The van der Waals surface area contributed by atoms with Crippen molar-refractivity contribution in [2.24, 2.45) is 0 Å². The van der Waals surface area contributed by atoms with Crippen LogP contribution in [0.4, 0.5) is 0 Å². The summed E-state index contributed by atoms with van der Waals surface area (Å²) in [5.74, 6) is 0. The van der Waals surface area contributed by atoms with Crippen LogP contribution in [0, 0.1) is 0 Å². The summed E-state index contributed by atoms with van der Waals surface area (Å²) >= 11 is 0. The van der Waals surface area contributed by atoms with Crippen LogP contribution in [-0.4, -0.2) is 36.6 Å². The maximum Gasteiger partial charge on any atom is 0.111 e. The lowest BCUT2D eigenvalue weighted by Crippen LogP contribution is -2.32. The van der Waals surface area contributed by atoms with Crippen molar-refractivity contribution >= 4 is 0 Å². The molecular weight excluding hydrogens is 132 g/mol. The van der Waals surface area contributed by atoms with Gasteiger partial charge in [-0.15, -0.1) is 0 Å². The number of ether oxygens (including phenoxy) is 2.